The first-order chi connectivity index (χ1) is 11.2. The topological polar surface area (TPSA) is 51.9 Å². The Morgan fingerprint density at radius 2 is 1.84 bits per heavy atom. The Morgan fingerprint density at radius 1 is 1.20 bits per heavy atom. The van der Waals surface area contributed by atoms with Crippen LogP contribution >= 0.6 is 24.8 Å². The molecule has 1 aliphatic heterocycles. The van der Waals surface area contributed by atoms with Crippen LogP contribution in [0.15, 0.2) is 29.1 Å². The Bertz CT molecular complexity index is 708. The Labute approximate surface area is 159 Å². The van der Waals surface area contributed by atoms with Gasteiger partial charge in [0.15, 0.2) is 0 Å². The van der Waals surface area contributed by atoms with Gasteiger partial charge >= 0.3 is 5.69 Å². The molecule has 1 fully saturated rings. The van der Waals surface area contributed by atoms with Gasteiger partial charge in [0.05, 0.1) is 6.54 Å². The molecule has 0 amide bonds. The molecule has 0 atom stereocenters. The van der Waals surface area contributed by atoms with Crippen molar-refractivity contribution in [3.63, 3.8) is 0 Å². The smallest absolute Gasteiger partial charge is 0.317 e. The highest BCUT2D eigenvalue weighted by Crippen LogP contribution is 2.16. The number of piperidine rings is 1. The maximum atomic E-state index is 13.0. The molecular weight excluding hydrogens is 366 g/mol. The molecule has 1 aliphatic rings. The van der Waals surface area contributed by atoms with Crippen LogP contribution in [0, 0.1) is 11.7 Å². The van der Waals surface area contributed by atoms with Gasteiger partial charge < -0.3 is 5.32 Å². The number of rotatable bonds is 5. The fraction of sp³-hybridized carbons (Fsp3) is 0.529. The molecule has 0 unspecified atom stereocenters. The molecule has 8 heteroatoms. The van der Waals surface area contributed by atoms with Gasteiger partial charge in [-0.05, 0) is 56.5 Å². The molecule has 0 radical (unpaired) electrons. The fourth-order valence-corrected chi connectivity index (χ4v) is 3.16. The van der Waals surface area contributed by atoms with Crippen molar-refractivity contribution in [3.8, 4) is 0 Å². The molecule has 1 aromatic heterocycles. The van der Waals surface area contributed by atoms with Gasteiger partial charge in [0.1, 0.15) is 11.6 Å². The van der Waals surface area contributed by atoms with Crippen LogP contribution < -0.4 is 11.0 Å². The monoisotopic (exact) mass is 390 g/mol. The van der Waals surface area contributed by atoms with Gasteiger partial charge in [0.25, 0.3) is 0 Å². The summed E-state index contributed by atoms with van der Waals surface area (Å²) in [5.41, 5.74) is 0.795. The van der Waals surface area contributed by atoms with E-state index in [9.17, 15) is 9.18 Å². The van der Waals surface area contributed by atoms with Crippen LogP contribution in [-0.4, -0.2) is 27.4 Å². The van der Waals surface area contributed by atoms with E-state index in [1.54, 1.807) is 16.7 Å². The summed E-state index contributed by atoms with van der Waals surface area (Å²) in [6.45, 7) is 5.06. The largest absolute Gasteiger partial charge is 0.346 e. The van der Waals surface area contributed by atoms with E-state index in [0.29, 0.717) is 19.0 Å². The molecule has 25 heavy (non-hydrogen) atoms. The van der Waals surface area contributed by atoms with Gasteiger partial charge in [0.2, 0.25) is 0 Å². The number of hydrogen-bond donors (Lipinski definition) is 1. The summed E-state index contributed by atoms with van der Waals surface area (Å²) in [5.74, 6) is 1.18. The number of halogens is 3. The van der Waals surface area contributed by atoms with Gasteiger partial charge in [-0.25, -0.2) is 13.9 Å². The lowest BCUT2D eigenvalue weighted by molar-refractivity contribution is 0.362. The maximum absolute atomic E-state index is 13.0. The van der Waals surface area contributed by atoms with E-state index in [1.165, 1.54) is 16.8 Å². The Morgan fingerprint density at radius 3 is 2.44 bits per heavy atom. The Hall–Kier alpha value is -1.37. The van der Waals surface area contributed by atoms with Crippen LogP contribution in [0.2, 0.25) is 0 Å². The normalized spacial score (nSPS) is 14.6. The SMILES string of the molecule is CCn1c(CC2CCNCC2)nn(Cc2ccc(F)cc2)c1=O.Cl.Cl. The van der Waals surface area contributed by atoms with Crippen molar-refractivity contribution in [2.45, 2.75) is 39.3 Å². The van der Waals surface area contributed by atoms with E-state index in [2.05, 4.69) is 10.4 Å². The number of nitrogens with zero attached hydrogens (tertiary/aromatic N) is 3. The molecule has 140 valence electrons. The highest BCUT2D eigenvalue weighted by atomic mass is 35.5. The van der Waals surface area contributed by atoms with Crippen LogP contribution in [-0.2, 0) is 19.5 Å². The number of nitrogens with one attached hydrogen (secondary N) is 1. The van der Waals surface area contributed by atoms with Crippen molar-refractivity contribution in [2.75, 3.05) is 13.1 Å². The van der Waals surface area contributed by atoms with Crippen LogP contribution in [0.5, 0.6) is 0 Å². The van der Waals surface area contributed by atoms with E-state index in [4.69, 9.17) is 0 Å². The molecule has 1 N–H and O–H groups in total. The summed E-state index contributed by atoms with van der Waals surface area (Å²) >= 11 is 0. The number of benzene rings is 1. The van der Waals surface area contributed by atoms with Crippen LogP contribution in [0.1, 0.15) is 31.2 Å². The average Bonchev–Trinajstić information content (AvgIpc) is 2.85. The van der Waals surface area contributed by atoms with Gasteiger partial charge in [-0.3, -0.25) is 4.57 Å². The summed E-state index contributed by atoms with van der Waals surface area (Å²) in [4.78, 5) is 12.5. The molecule has 5 nitrogen and oxygen atoms in total. The predicted molar refractivity (Wildman–Crippen MR) is 101 cm³/mol. The highest BCUT2D eigenvalue weighted by Gasteiger charge is 2.19. The first-order valence-corrected chi connectivity index (χ1v) is 8.29. The standard InChI is InChI=1S/C17H23FN4O.2ClH/c1-2-21-16(11-13-7-9-19-10-8-13)20-22(17(21)23)12-14-3-5-15(18)6-4-14;;/h3-6,13,19H,2,7-12H2,1H3;2*1H. The quantitative estimate of drug-likeness (QED) is 0.853. The molecule has 0 bridgehead atoms. The highest BCUT2D eigenvalue weighted by molar-refractivity contribution is 5.85. The van der Waals surface area contributed by atoms with E-state index >= 15 is 0 Å². The lowest BCUT2D eigenvalue weighted by atomic mass is 9.94. The molecule has 1 saturated heterocycles. The summed E-state index contributed by atoms with van der Waals surface area (Å²) in [6.07, 6.45) is 3.10. The zero-order chi connectivity index (χ0) is 16.2. The second kappa shape index (κ2) is 9.94. The summed E-state index contributed by atoms with van der Waals surface area (Å²) in [5, 5.41) is 7.90. The van der Waals surface area contributed by atoms with Gasteiger partial charge in [0, 0.05) is 13.0 Å². The van der Waals surface area contributed by atoms with E-state index in [-0.39, 0.29) is 36.3 Å². The van der Waals surface area contributed by atoms with Gasteiger partial charge in [-0.2, -0.15) is 5.10 Å². The fourth-order valence-electron chi connectivity index (χ4n) is 3.16. The first kappa shape index (κ1) is 21.7. The van der Waals surface area contributed by atoms with Crippen molar-refractivity contribution in [3.05, 3.63) is 52.0 Å². The van der Waals surface area contributed by atoms with Crippen molar-refractivity contribution in [1.82, 2.24) is 19.7 Å². The number of aromatic nitrogens is 3. The minimum absolute atomic E-state index is 0. The molecule has 2 heterocycles. The minimum atomic E-state index is -0.271. The maximum Gasteiger partial charge on any atom is 0.346 e. The van der Waals surface area contributed by atoms with E-state index < -0.39 is 0 Å². The molecule has 3 rings (SSSR count). The second-order valence-electron chi connectivity index (χ2n) is 6.12. The molecule has 1 aromatic carbocycles. The zero-order valence-corrected chi connectivity index (χ0v) is 15.9. The molecule has 0 aliphatic carbocycles. The molecule has 2 aromatic rings. The van der Waals surface area contributed by atoms with Crippen molar-refractivity contribution in [1.29, 1.82) is 0 Å². The van der Waals surface area contributed by atoms with Crippen LogP contribution in [0.4, 0.5) is 4.39 Å². The lowest BCUT2D eigenvalue weighted by Crippen LogP contribution is -2.30. The lowest BCUT2D eigenvalue weighted by Gasteiger charge is -2.21. The Kier molecular flexibility index (Phi) is 8.62. The minimum Gasteiger partial charge on any atom is -0.317 e. The Balaban J connectivity index is 0.00000156. The van der Waals surface area contributed by atoms with Crippen molar-refractivity contribution in [2.24, 2.45) is 5.92 Å². The third-order valence-electron chi connectivity index (χ3n) is 4.49. The summed E-state index contributed by atoms with van der Waals surface area (Å²) < 4.78 is 16.2. The summed E-state index contributed by atoms with van der Waals surface area (Å²) in [7, 11) is 0. The second-order valence-corrected chi connectivity index (χ2v) is 6.12. The van der Waals surface area contributed by atoms with Crippen LogP contribution in [0.3, 0.4) is 0 Å². The average molecular weight is 391 g/mol. The van der Waals surface area contributed by atoms with E-state index in [1.807, 2.05) is 6.92 Å². The molecular formula is C17H25Cl2FN4O. The predicted octanol–water partition coefficient (Wildman–Crippen LogP) is 2.64. The summed E-state index contributed by atoms with van der Waals surface area (Å²) in [6, 6.07) is 6.21. The third kappa shape index (κ3) is 5.30. The zero-order valence-electron chi connectivity index (χ0n) is 14.3. The molecule has 0 saturated carbocycles. The first-order valence-electron chi connectivity index (χ1n) is 8.29. The van der Waals surface area contributed by atoms with Gasteiger partial charge in [-0.1, -0.05) is 12.1 Å². The van der Waals surface area contributed by atoms with Gasteiger partial charge in [-0.15, -0.1) is 24.8 Å². The van der Waals surface area contributed by atoms with Crippen molar-refractivity contribution < 1.29 is 4.39 Å². The van der Waals surface area contributed by atoms with Crippen molar-refractivity contribution >= 4 is 24.8 Å². The number of hydrogen-bond acceptors (Lipinski definition) is 3. The molecule has 0 spiro atoms. The third-order valence-corrected chi connectivity index (χ3v) is 4.49. The van der Waals surface area contributed by atoms with Crippen LogP contribution in [0.25, 0.3) is 0 Å². The van der Waals surface area contributed by atoms with E-state index in [0.717, 1.165) is 43.7 Å².